The first-order valence-corrected chi connectivity index (χ1v) is 6.64. The van der Waals surface area contributed by atoms with Crippen molar-refractivity contribution in [1.82, 2.24) is 4.90 Å². The van der Waals surface area contributed by atoms with Gasteiger partial charge in [-0.3, -0.25) is 4.90 Å². The maximum absolute atomic E-state index is 5.95. The highest BCUT2D eigenvalue weighted by Crippen LogP contribution is 2.16. The first-order chi connectivity index (χ1) is 8.45. The molecule has 0 saturated carbocycles. The first-order valence-electron chi connectivity index (χ1n) is 6.64. The number of nitrogen functional groups attached to an aromatic ring is 1. The molecule has 0 aliphatic rings. The average Bonchev–Trinajstić information content (AvgIpc) is 2.29. The number of rotatable bonds is 6. The van der Waals surface area contributed by atoms with Gasteiger partial charge in [-0.05, 0) is 51.8 Å². The highest BCUT2D eigenvalue weighted by atomic mass is 15.2. The Balaban J connectivity index is 2.49. The van der Waals surface area contributed by atoms with Crippen LogP contribution in [0.15, 0.2) is 36.9 Å². The summed E-state index contributed by atoms with van der Waals surface area (Å²) in [6.45, 7) is 12.6. The Morgan fingerprint density at radius 3 is 2.50 bits per heavy atom. The Labute approximate surface area is 111 Å². The molecule has 1 rings (SSSR count). The molecule has 0 bridgehead atoms. The molecule has 0 spiro atoms. The standard InChI is InChI=1S/C16H26N2/c1-5-12-18(16(2,3)4)13-8-10-14-9-6-7-11-15(14)17/h5-7,9,11H,1,8,10,12-13,17H2,2-4H3. The van der Waals surface area contributed by atoms with Crippen molar-refractivity contribution in [3.8, 4) is 0 Å². The Hall–Kier alpha value is -1.28. The Morgan fingerprint density at radius 2 is 1.94 bits per heavy atom. The van der Waals surface area contributed by atoms with Gasteiger partial charge in [-0.15, -0.1) is 6.58 Å². The van der Waals surface area contributed by atoms with Gasteiger partial charge in [0.05, 0.1) is 0 Å². The summed E-state index contributed by atoms with van der Waals surface area (Å²) in [6, 6.07) is 8.12. The van der Waals surface area contributed by atoms with Crippen LogP contribution in [0.1, 0.15) is 32.8 Å². The molecule has 0 fully saturated rings. The lowest BCUT2D eigenvalue weighted by atomic mass is 10.0. The smallest absolute Gasteiger partial charge is 0.0346 e. The third kappa shape index (κ3) is 4.53. The first kappa shape index (κ1) is 14.8. The molecule has 0 amide bonds. The van der Waals surface area contributed by atoms with Crippen LogP contribution in [0.25, 0.3) is 0 Å². The number of nitrogens with zero attached hydrogens (tertiary/aromatic N) is 1. The molecule has 0 heterocycles. The lowest BCUT2D eigenvalue weighted by Gasteiger charge is -2.34. The van der Waals surface area contributed by atoms with E-state index >= 15 is 0 Å². The Bertz CT molecular complexity index is 377. The average molecular weight is 246 g/mol. The van der Waals surface area contributed by atoms with Crippen LogP contribution in [-0.2, 0) is 6.42 Å². The van der Waals surface area contributed by atoms with Gasteiger partial charge in [-0.25, -0.2) is 0 Å². The van der Waals surface area contributed by atoms with E-state index in [1.165, 1.54) is 5.56 Å². The molecule has 100 valence electrons. The second-order valence-electron chi connectivity index (χ2n) is 5.71. The van der Waals surface area contributed by atoms with Crippen molar-refractivity contribution >= 4 is 5.69 Å². The number of aryl methyl sites for hydroxylation is 1. The zero-order valence-electron chi connectivity index (χ0n) is 11.9. The van der Waals surface area contributed by atoms with Crippen molar-refractivity contribution in [1.29, 1.82) is 0 Å². The van der Waals surface area contributed by atoms with Crippen LogP contribution in [0.2, 0.25) is 0 Å². The molecule has 0 aliphatic heterocycles. The largest absolute Gasteiger partial charge is 0.399 e. The predicted molar refractivity (Wildman–Crippen MR) is 80.7 cm³/mol. The summed E-state index contributed by atoms with van der Waals surface area (Å²) in [6.07, 6.45) is 4.14. The summed E-state index contributed by atoms with van der Waals surface area (Å²) in [4.78, 5) is 2.44. The fourth-order valence-electron chi connectivity index (χ4n) is 2.08. The maximum Gasteiger partial charge on any atom is 0.0346 e. The summed E-state index contributed by atoms with van der Waals surface area (Å²) in [5, 5.41) is 0. The molecule has 2 nitrogen and oxygen atoms in total. The molecule has 0 atom stereocenters. The molecule has 2 heteroatoms. The monoisotopic (exact) mass is 246 g/mol. The molecule has 0 aromatic heterocycles. The van der Waals surface area contributed by atoms with E-state index in [-0.39, 0.29) is 5.54 Å². The second kappa shape index (κ2) is 6.60. The fourth-order valence-corrected chi connectivity index (χ4v) is 2.08. The number of anilines is 1. The van der Waals surface area contributed by atoms with Crippen LogP contribution >= 0.6 is 0 Å². The van der Waals surface area contributed by atoms with E-state index in [9.17, 15) is 0 Å². The molecule has 0 aliphatic carbocycles. The van der Waals surface area contributed by atoms with E-state index in [1.807, 2.05) is 18.2 Å². The molecule has 0 unspecified atom stereocenters. The number of para-hydroxylation sites is 1. The van der Waals surface area contributed by atoms with Crippen molar-refractivity contribution in [3.63, 3.8) is 0 Å². The SMILES string of the molecule is C=CCN(CCCc1ccccc1N)C(C)(C)C. The van der Waals surface area contributed by atoms with E-state index < -0.39 is 0 Å². The maximum atomic E-state index is 5.95. The summed E-state index contributed by atoms with van der Waals surface area (Å²) in [7, 11) is 0. The van der Waals surface area contributed by atoms with E-state index in [1.54, 1.807) is 0 Å². The van der Waals surface area contributed by atoms with Crippen LogP contribution in [0.3, 0.4) is 0 Å². The summed E-state index contributed by atoms with van der Waals surface area (Å²) < 4.78 is 0. The number of hydrogen-bond donors (Lipinski definition) is 1. The van der Waals surface area contributed by atoms with Crippen LogP contribution in [0.5, 0.6) is 0 Å². The Morgan fingerprint density at radius 1 is 1.28 bits per heavy atom. The van der Waals surface area contributed by atoms with Gasteiger partial charge in [0.2, 0.25) is 0 Å². The predicted octanol–water partition coefficient (Wildman–Crippen LogP) is 3.49. The molecular formula is C16H26N2. The molecule has 1 aromatic rings. The highest BCUT2D eigenvalue weighted by Gasteiger charge is 2.19. The van der Waals surface area contributed by atoms with E-state index in [2.05, 4.69) is 44.4 Å². The van der Waals surface area contributed by atoms with Crippen molar-refractivity contribution in [3.05, 3.63) is 42.5 Å². The van der Waals surface area contributed by atoms with Gasteiger partial charge in [0.25, 0.3) is 0 Å². The van der Waals surface area contributed by atoms with Gasteiger partial charge in [0.15, 0.2) is 0 Å². The molecule has 0 saturated heterocycles. The number of nitrogens with two attached hydrogens (primary N) is 1. The number of hydrogen-bond acceptors (Lipinski definition) is 2. The highest BCUT2D eigenvalue weighted by molar-refractivity contribution is 5.46. The molecular weight excluding hydrogens is 220 g/mol. The van der Waals surface area contributed by atoms with Crippen molar-refractivity contribution < 1.29 is 0 Å². The lowest BCUT2D eigenvalue weighted by Crippen LogP contribution is -2.42. The van der Waals surface area contributed by atoms with E-state index in [0.717, 1.165) is 31.6 Å². The fraction of sp³-hybridized carbons (Fsp3) is 0.500. The van der Waals surface area contributed by atoms with Gasteiger partial charge >= 0.3 is 0 Å². The molecule has 18 heavy (non-hydrogen) atoms. The van der Waals surface area contributed by atoms with Gasteiger partial charge in [-0.2, -0.15) is 0 Å². The summed E-state index contributed by atoms with van der Waals surface area (Å²) >= 11 is 0. The van der Waals surface area contributed by atoms with Gasteiger partial charge in [0, 0.05) is 17.8 Å². The van der Waals surface area contributed by atoms with Gasteiger partial charge in [0.1, 0.15) is 0 Å². The number of benzene rings is 1. The normalized spacial score (nSPS) is 11.8. The summed E-state index contributed by atoms with van der Waals surface area (Å²) in [5.41, 5.74) is 8.30. The minimum absolute atomic E-state index is 0.191. The molecule has 2 N–H and O–H groups in total. The minimum atomic E-state index is 0.191. The van der Waals surface area contributed by atoms with Crippen LogP contribution in [0, 0.1) is 0 Å². The van der Waals surface area contributed by atoms with Crippen LogP contribution < -0.4 is 5.73 Å². The zero-order valence-corrected chi connectivity index (χ0v) is 11.9. The van der Waals surface area contributed by atoms with Crippen molar-refractivity contribution in [2.75, 3.05) is 18.8 Å². The van der Waals surface area contributed by atoms with Gasteiger partial charge in [-0.1, -0.05) is 24.3 Å². The molecule has 1 aromatic carbocycles. The third-order valence-corrected chi connectivity index (χ3v) is 3.23. The van der Waals surface area contributed by atoms with E-state index in [4.69, 9.17) is 5.73 Å². The summed E-state index contributed by atoms with van der Waals surface area (Å²) in [5.74, 6) is 0. The molecule has 0 radical (unpaired) electrons. The van der Waals surface area contributed by atoms with Crippen molar-refractivity contribution in [2.24, 2.45) is 0 Å². The topological polar surface area (TPSA) is 29.3 Å². The Kier molecular flexibility index (Phi) is 5.42. The van der Waals surface area contributed by atoms with E-state index in [0.29, 0.717) is 0 Å². The van der Waals surface area contributed by atoms with Crippen LogP contribution in [-0.4, -0.2) is 23.5 Å². The zero-order chi connectivity index (χ0) is 13.6. The lowest BCUT2D eigenvalue weighted by molar-refractivity contribution is 0.152. The quantitative estimate of drug-likeness (QED) is 0.615. The minimum Gasteiger partial charge on any atom is -0.399 e. The second-order valence-corrected chi connectivity index (χ2v) is 5.71. The van der Waals surface area contributed by atoms with Crippen molar-refractivity contribution in [2.45, 2.75) is 39.2 Å². The van der Waals surface area contributed by atoms with Gasteiger partial charge < -0.3 is 5.73 Å². The van der Waals surface area contributed by atoms with Crippen LogP contribution in [0.4, 0.5) is 5.69 Å². The third-order valence-electron chi connectivity index (χ3n) is 3.23.